The smallest absolute Gasteiger partial charge is 0.271 e. The van der Waals surface area contributed by atoms with Crippen molar-refractivity contribution >= 4 is 60.2 Å². The number of thiophene rings is 1. The van der Waals surface area contributed by atoms with Gasteiger partial charge in [0.1, 0.15) is 4.21 Å². The third-order valence-electron chi connectivity index (χ3n) is 3.91. The van der Waals surface area contributed by atoms with Crippen LogP contribution in [-0.2, 0) is 10.0 Å². The average molecular weight is 430 g/mol. The molecule has 0 radical (unpaired) electrons. The van der Waals surface area contributed by atoms with Gasteiger partial charge in [-0.1, -0.05) is 6.07 Å². The topological polar surface area (TPSA) is 88.2 Å². The summed E-state index contributed by atoms with van der Waals surface area (Å²) in [6.45, 7) is 1.94. The Morgan fingerprint density at radius 1 is 1.04 bits per heavy atom. The Balaban J connectivity index is 1.47. The highest BCUT2D eigenvalue weighted by Crippen LogP contribution is 2.25. The van der Waals surface area contributed by atoms with E-state index in [1.54, 1.807) is 47.0 Å². The SMILES string of the molecule is Cc1nc2ccc(NC(=O)c3ccc(NS(=O)(=O)c4cccs4)cc3)cc2s1. The van der Waals surface area contributed by atoms with Gasteiger partial charge in [0.2, 0.25) is 0 Å². The lowest BCUT2D eigenvalue weighted by molar-refractivity contribution is 0.102. The van der Waals surface area contributed by atoms with Crippen LogP contribution in [0.4, 0.5) is 11.4 Å². The van der Waals surface area contributed by atoms with Crippen LogP contribution in [-0.4, -0.2) is 19.3 Å². The van der Waals surface area contributed by atoms with Crippen LogP contribution in [0.3, 0.4) is 0 Å². The van der Waals surface area contributed by atoms with Crippen molar-refractivity contribution in [1.82, 2.24) is 4.98 Å². The monoisotopic (exact) mass is 429 g/mol. The van der Waals surface area contributed by atoms with Crippen LogP contribution in [0.1, 0.15) is 15.4 Å². The van der Waals surface area contributed by atoms with E-state index in [0.717, 1.165) is 26.6 Å². The molecule has 0 aliphatic carbocycles. The number of carbonyl (C=O) groups excluding carboxylic acids is 1. The van der Waals surface area contributed by atoms with Gasteiger partial charge in [-0.3, -0.25) is 9.52 Å². The van der Waals surface area contributed by atoms with Crippen LogP contribution in [0.25, 0.3) is 10.2 Å². The maximum Gasteiger partial charge on any atom is 0.271 e. The van der Waals surface area contributed by atoms with Crippen LogP contribution in [0.5, 0.6) is 0 Å². The second-order valence-electron chi connectivity index (χ2n) is 5.98. The standard InChI is InChI=1S/C19H15N3O3S3/c1-12-20-16-9-8-15(11-17(16)27-12)21-19(23)13-4-6-14(7-5-13)22-28(24,25)18-3-2-10-26-18/h2-11,22H,1H3,(H,21,23). The number of carbonyl (C=O) groups is 1. The van der Waals surface area contributed by atoms with Gasteiger partial charge in [0.25, 0.3) is 15.9 Å². The first-order valence-electron chi connectivity index (χ1n) is 8.26. The molecule has 9 heteroatoms. The minimum absolute atomic E-state index is 0.239. The van der Waals surface area contributed by atoms with E-state index in [9.17, 15) is 13.2 Å². The predicted octanol–water partition coefficient (Wildman–Crippen LogP) is 4.72. The molecule has 0 unspecified atom stereocenters. The number of hydrogen-bond donors (Lipinski definition) is 2. The molecule has 0 aliphatic rings. The van der Waals surface area contributed by atoms with Crippen LogP contribution in [0, 0.1) is 6.92 Å². The second kappa shape index (κ2) is 7.34. The molecule has 6 nitrogen and oxygen atoms in total. The van der Waals surface area contributed by atoms with E-state index in [-0.39, 0.29) is 10.1 Å². The first-order valence-corrected chi connectivity index (χ1v) is 11.4. The van der Waals surface area contributed by atoms with Gasteiger partial charge in [-0.25, -0.2) is 13.4 Å². The molecule has 0 fully saturated rings. The fraction of sp³-hybridized carbons (Fsp3) is 0.0526. The van der Waals surface area contributed by atoms with Gasteiger partial charge < -0.3 is 5.32 Å². The number of benzene rings is 2. The van der Waals surface area contributed by atoms with Gasteiger partial charge in [-0.2, -0.15) is 0 Å². The van der Waals surface area contributed by atoms with E-state index in [4.69, 9.17) is 0 Å². The van der Waals surface area contributed by atoms with Gasteiger partial charge in [0.15, 0.2) is 0 Å². The molecular weight excluding hydrogens is 414 g/mol. The molecule has 0 bridgehead atoms. The minimum atomic E-state index is -3.61. The molecule has 2 aromatic carbocycles. The van der Waals surface area contributed by atoms with E-state index < -0.39 is 10.0 Å². The summed E-state index contributed by atoms with van der Waals surface area (Å²) < 4.78 is 28.2. The largest absolute Gasteiger partial charge is 0.322 e. The molecule has 2 aromatic heterocycles. The number of sulfonamides is 1. The molecule has 0 saturated carbocycles. The van der Waals surface area contributed by atoms with Crippen molar-refractivity contribution in [2.75, 3.05) is 10.0 Å². The maximum absolute atomic E-state index is 12.5. The summed E-state index contributed by atoms with van der Waals surface area (Å²) in [6.07, 6.45) is 0. The normalized spacial score (nSPS) is 11.5. The number of thiazole rings is 1. The molecule has 0 aliphatic heterocycles. The number of amides is 1. The lowest BCUT2D eigenvalue weighted by atomic mass is 10.2. The van der Waals surface area contributed by atoms with Crippen LogP contribution >= 0.6 is 22.7 Å². The predicted molar refractivity (Wildman–Crippen MR) is 114 cm³/mol. The van der Waals surface area contributed by atoms with Gasteiger partial charge in [0.05, 0.1) is 15.2 Å². The van der Waals surface area contributed by atoms with E-state index in [1.165, 1.54) is 6.07 Å². The zero-order valence-corrected chi connectivity index (χ0v) is 17.1. The summed E-state index contributed by atoms with van der Waals surface area (Å²) in [5.74, 6) is -0.270. The molecule has 2 heterocycles. The third-order valence-corrected chi connectivity index (χ3v) is 7.62. The summed E-state index contributed by atoms with van der Waals surface area (Å²) in [4.78, 5) is 16.9. The third kappa shape index (κ3) is 3.91. The zero-order chi connectivity index (χ0) is 19.7. The molecule has 1 amide bonds. The molecule has 28 heavy (non-hydrogen) atoms. The molecule has 4 rings (SSSR count). The quantitative estimate of drug-likeness (QED) is 0.480. The minimum Gasteiger partial charge on any atom is -0.322 e. The van der Waals surface area contributed by atoms with Crippen LogP contribution in [0.2, 0.25) is 0 Å². The van der Waals surface area contributed by atoms with Crippen LogP contribution in [0.15, 0.2) is 64.2 Å². The first kappa shape index (κ1) is 18.6. The molecule has 0 spiro atoms. The number of hydrogen-bond acceptors (Lipinski definition) is 6. The molecule has 0 atom stereocenters. The van der Waals surface area contributed by atoms with E-state index in [2.05, 4.69) is 15.0 Å². The molecular formula is C19H15N3O3S3. The number of aryl methyl sites for hydroxylation is 1. The van der Waals surface area contributed by atoms with Crippen molar-refractivity contribution in [2.45, 2.75) is 11.1 Å². The lowest BCUT2D eigenvalue weighted by Gasteiger charge is -2.08. The van der Waals surface area contributed by atoms with Crippen molar-refractivity contribution in [3.05, 3.63) is 70.5 Å². The summed E-state index contributed by atoms with van der Waals surface area (Å²) in [5, 5.41) is 5.53. The van der Waals surface area contributed by atoms with E-state index in [0.29, 0.717) is 16.9 Å². The average Bonchev–Trinajstić information content (AvgIpc) is 3.31. The summed E-state index contributed by atoms with van der Waals surface area (Å²) in [6, 6.07) is 15.1. The number of rotatable bonds is 5. The Hall–Kier alpha value is -2.75. The van der Waals surface area contributed by atoms with E-state index in [1.807, 2.05) is 25.1 Å². The number of nitrogens with zero attached hydrogens (tertiary/aromatic N) is 1. The van der Waals surface area contributed by atoms with Gasteiger partial charge >= 0.3 is 0 Å². The summed E-state index contributed by atoms with van der Waals surface area (Å²) >= 11 is 2.71. The summed E-state index contributed by atoms with van der Waals surface area (Å²) in [5.41, 5.74) is 2.41. The highest BCUT2D eigenvalue weighted by Gasteiger charge is 2.15. The number of anilines is 2. The van der Waals surface area contributed by atoms with Gasteiger partial charge in [0, 0.05) is 16.9 Å². The second-order valence-corrected chi connectivity index (χ2v) is 10.1. The Labute approximate surface area is 169 Å². The fourth-order valence-electron chi connectivity index (χ4n) is 2.63. The Bertz CT molecular complexity index is 1240. The molecule has 2 N–H and O–H groups in total. The molecule has 4 aromatic rings. The van der Waals surface area contributed by atoms with Crippen molar-refractivity contribution in [3.8, 4) is 0 Å². The summed E-state index contributed by atoms with van der Waals surface area (Å²) in [7, 11) is -3.61. The highest BCUT2D eigenvalue weighted by atomic mass is 32.2. The Kier molecular flexibility index (Phi) is 4.88. The molecule has 142 valence electrons. The van der Waals surface area contributed by atoms with Crippen molar-refractivity contribution in [3.63, 3.8) is 0 Å². The van der Waals surface area contributed by atoms with Crippen molar-refractivity contribution < 1.29 is 13.2 Å². The van der Waals surface area contributed by atoms with Gasteiger partial charge in [-0.05, 0) is 60.8 Å². The first-order chi connectivity index (χ1) is 13.4. The number of nitrogens with one attached hydrogen (secondary N) is 2. The lowest BCUT2D eigenvalue weighted by Crippen LogP contribution is -2.13. The number of fused-ring (bicyclic) bond motifs is 1. The van der Waals surface area contributed by atoms with Gasteiger partial charge in [-0.15, -0.1) is 22.7 Å². The maximum atomic E-state index is 12.5. The Morgan fingerprint density at radius 2 is 1.79 bits per heavy atom. The zero-order valence-electron chi connectivity index (χ0n) is 14.7. The van der Waals surface area contributed by atoms with Crippen molar-refractivity contribution in [1.29, 1.82) is 0 Å². The highest BCUT2D eigenvalue weighted by molar-refractivity contribution is 7.94. The van der Waals surface area contributed by atoms with E-state index >= 15 is 0 Å². The Morgan fingerprint density at radius 3 is 2.50 bits per heavy atom. The molecule has 0 saturated heterocycles. The van der Waals surface area contributed by atoms with Crippen molar-refractivity contribution in [2.24, 2.45) is 0 Å². The van der Waals surface area contributed by atoms with Crippen LogP contribution < -0.4 is 10.0 Å². The number of aromatic nitrogens is 1. The fourth-order valence-corrected chi connectivity index (χ4v) is 5.55.